The number of hydrogen-bond acceptors (Lipinski definition) is 7. The number of ether oxygens (including phenoxy) is 1. The van der Waals surface area contributed by atoms with Crippen LogP contribution in [0.2, 0.25) is 0 Å². The van der Waals surface area contributed by atoms with Crippen molar-refractivity contribution in [3.8, 4) is 5.69 Å². The molecule has 0 saturated heterocycles. The fraction of sp³-hybridized carbons (Fsp3) is 0.200. The Morgan fingerprint density at radius 2 is 2.22 bits per heavy atom. The molecule has 8 heteroatoms. The highest BCUT2D eigenvalue weighted by Crippen LogP contribution is 2.27. The quantitative estimate of drug-likeness (QED) is 0.736. The van der Waals surface area contributed by atoms with Gasteiger partial charge >= 0.3 is 5.97 Å². The molecule has 3 aromatic heterocycles. The molecule has 0 aliphatic heterocycles. The van der Waals surface area contributed by atoms with Crippen molar-refractivity contribution < 1.29 is 9.53 Å². The molecule has 0 aliphatic rings. The van der Waals surface area contributed by atoms with Gasteiger partial charge in [-0.2, -0.15) is 9.78 Å². The van der Waals surface area contributed by atoms with Gasteiger partial charge < -0.3 is 10.5 Å². The van der Waals surface area contributed by atoms with Gasteiger partial charge in [0.1, 0.15) is 0 Å². The van der Waals surface area contributed by atoms with Gasteiger partial charge in [0, 0.05) is 16.5 Å². The van der Waals surface area contributed by atoms with Crippen LogP contribution >= 0.6 is 11.3 Å². The van der Waals surface area contributed by atoms with Gasteiger partial charge in [0.15, 0.2) is 5.69 Å². The lowest BCUT2D eigenvalue weighted by Crippen LogP contribution is -2.25. The van der Waals surface area contributed by atoms with Gasteiger partial charge in [-0.25, -0.2) is 4.79 Å². The van der Waals surface area contributed by atoms with E-state index in [0.717, 1.165) is 10.4 Å². The summed E-state index contributed by atoms with van der Waals surface area (Å²) in [4.78, 5) is 29.0. The first-order valence-electron chi connectivity index (χ1n) is 6.93. The summed E-state index contributed by atoms with van der Waals surface area (Å²) in [5.74, 6) is -0.593. The number of fused-ring (bicyclic) bond motifs is 1. The Bertz CT molecular complexity index is 944. The number of carbonyl (C=O) groups is 1. The summed E-state index contributed by atoms with van der Waals surface area (Å²) in [7, 11) is 0. The van der Waals surface area contributed by atoms with Crippen molar-refractivity contribution >= 4 is 33.1 Å². The third-order valence-corrected chi connectivity index (χ3v) is 4.10. The maximum atomic E-state index is 12.7. The van der Waals surface area contributed by atoms with Crippen LogP contribution in [0.5, 0.6) is 0 Å². The van der Waals surface area contributed by atoms with Crippen molar-refractivity contribution in [3.05, 3.63) is 45.5 Å². The van der Waals surface area contributed by atoms with Crippen LogP contribution in [0.3, 0.4) is 0 Å². The van der Waals surface area contributed by atoms with Gasteiger partial charge in [0.25, 0.3) is 5.56 Å². The molecule has 7 nitrogen and oxygen atoms in total. The van der Waals surface area contributed by atoms with Crippen molar-refractivity contribution in [3.63, 3.8) is 0 Å². The lowest BCUT2D eigenvalue weighted by atomic mass is 10.2. The molecule has 0 amide bonds. The minimum Gasteiger partial charge on any atom is -0.461 e. The van der Waals surface area contributed by atoms with Gasteiger partial charge in [-0.05, 0) is 26.0 Å². The summed E-state index contributed by atoms with van der Waals surface area (Å²) in [6.07, 6.45) is 1.52. The molecule has 0 atom stereocenters. The molecular formula is C15H14N4O3S. The Kier molecular flexibility index (Phi) is 3.83. The van der Waals surface area contributed by atoms with Crippen LogP contribution in [0.4, 0.5) is 5.00 Å². The van der Waals surface area contributed by atoms with E-state index in [1.54, 1.807) is 24.4 Å². The second-order valence-electron chi connectivity index (χ2n) is 4.83. The van der Waals surface area contributed by atoms with Crippen LogP contribution in [0.15, 0.2) is 28.5 Å². The second kappa shape index (κ2) is 5.81. The van der Waals surface area contributed by atoms with Gasteiger partial charge in [0.05, 0.1) is 28.9 Å². The third kappa shape index (κ3) is 2.57. The highest BCUT2D eigenvalue weighted by Gasteiger charge is 2.21. The van der Waals surface area contributed by atoms with E-state index >= 15 is 0 Å². The van der Waals surface area contributed by atoms with Crippen molar-refractivity contribution in [2.75, 3.05) is 12.3 Å². The Labute approximate surface area is 135 Å². The SMILES string of the molecule is CCOC(=O)c1nn(-c2ccc(C)nc2)c(=O)c2c(N)scc12. The molecule has 0 aromatic carbocycles. The summed E-state index contributed by atoms with van der Waals surface area (Å²) in [6.45, 7) is 3.76. The van der Waals surface area contributed by atoms with Crippen molar-refractivity contribution in [2.45, 2.75) is 13.8 Å². The maximum Gasteiger partial charge on any atom is 0.359 e. The maximum absolute atomic E-state index is 12.7. The van der Waals surface area contributed by atoms with Crippen LogP contribution in [-0.2, 0) is 4.74 Å². The van der Waals surface area contributed by atoms with E-state index in [0.29, 0.717) is 16.1 Å². The summed E-state index contributed by atoms with van der Waals surface area (Å²) in [5.41, 5.74) is 6.84. The molecule has 23 heavy (non-hydrogen) atoms. The Balaban J connectivity index is 2.32. The molecule has 3 heterocycles. The first kappa shape index (κ1) is 15.2. The standard InChI is InChI=1S/C15H14N4O3S/c1-3-22-15(21)12-10-7-23-13(16)11(10)14(20)19(18-12)9-5-4-8(2)17-6-9/h4-7H,3,16H2,1-2H3. The molecule has 3 aromatic rings. The highest BCUT2D eigenvalue weighted by molar-refractivity contribution is 7.15. The van der Waals surface area contributed by atoms with E-state index < -0.39 is 11.5 Å². The number of aromatic nitrogens is 3. The lowest BCUT2D eigenvalue weighted by Gasteiger charge is -2.08. The summed E-state index contributed by atoms with van der Waals surface area (Å²) < 4.78 is 6.16. The van der Waals surface area contributed by atoms with Crippen LogP contribution < -0.4 is 11.3 Å². The Morgan fingerprint density at radius 3 is 2.87 bits per heavy atom. The number of nitrogens with zero attached hydrogens (tertiary/aromatic N) is 3. The van der Waals surface area contributed by atoms with E-state index in [1.165, 1.54) is 17.5 Å². The first-order valence-corrected chi connectivity index (χ1v) is 7.81. The third-order valence-electron chi connectivity index (χ3n) is 3.29. The minimum atomic E-state index is -0.593. The molecule has 0 saturated carbocycles. The van der Waals surface area contributed by atoms with Gasteiger partial charge in [-0.15, -0.1) is 11.3 Å². The lowest BCUT2D eigenvalue weighted by molar-refractivity contribution is 0.0520. The Hall–Kier alpha value is -2.74. The first-order chi connectivity index (χ1) is 11.0. The number of hydrogen-bond donors (Lipinski definition) is 1. The molecule has 2 N–H and O–H groups in total. The predicted molar refractivity (Wildman–Crippen MR) is 88.1 cm³/mol. The smallest absolute Gasteiger partial charge is 0.359 e. The normalized spacial score (nSPS) is 10.9. The highest BCUT2D eigenvalue weighted by atomic mass is 32.1. The molecule has 118 valence electrons. The molecule has 0 aliphatic carbocycles. The van der Waals surface area contributed by atoms with Crippen molar-refractivity contribution in [2.24, 2.45) is 0 Å². The topological polar surface area (TPSA) is 100 Å². The average molecular weight is 330 g/mol. The number of nitrogen functional groups attached to an aromatic ring is 1. The molecular weight excluding hydrogens is 316 g/mol. The molecule has 3 rings (SSSR count). The molecule has 0 bridgehead atoms. The number of thiophene rings is 1. The van der Waals surface area contributed by atoms with Crippen molar-refractivity contribution in [1.29, 1.82) is 0 Å². The largest absolute Gasteiger partial charge is 0.461 e. The average Bonchev–Trinajstić information content (AvgIpc) is 2.91. The zero-order valence-corrected chi connectivity index (χ0v) is 13.4. The van der Waals surface area contributed by atoms with Crippen molar-refractivity contribution in [1.82, 2.24) is 14.8 Å². The zero-order valence-electron chi connectivity index (χ0n) is 12.6. The molecule has 0 unspecified atom stereocenters. The summed E-state index contributed by atoms with van der Waals surface area (Å²) >= 11 is 1.19. The number of nitrogens with two attached hydrogens (primary N) is 1. The number of anilines is 1. The van der Waals surface area contributed by atoms with E-state index in [2.05, 4.69) is 10.1 Å². The number of pyridine rings is 1. The summed E-state index contributed by atoms with van der Waals surface area (Å²) in [5, 5.41) is 6.84. The fourth-order valence-corrected chi connectivity index (χ4v) is 2.97. The molecule has 0 fully saturated rings. The van der Waals surface area contributed by atoms with E-state index in [9.17, 15) is 9.59 Å². The van der Waals surface area contributed by atoms with Crippen LogP contribution in [0.25, 0.3) is 16.5 Å². The Morgan fingerprint density at radius 1 is 1.43 bits per heavy atom. The summed E-state index contributed by atoms with van der Waals surface area (Å²) in [6, 6.07) is 3.47. The van der Waals surface area contributed by atoms with E-state index in [1.807, 2.05) is 6.92 Å². The fourth-order valence-electron chi connectivity index (χ4n) is 2.18. The van der Waals surface area contributed by atoms with Gasteiger partial charge in [-0.3, -0.25) is 9.78 Å². The van der Waals surface area contributed by atoms with Crippen LogP contribution in [0, 0.1) is 6.92 Å². The van der Waals surface area contributed by atoms with Crippen LogP contribution in [-0.4, -0.2) is 27.3 Å². The number of esters is 1. The number of aryl methyl sites for hydroxylation is 1. The van der Waals surface area contributed by atoms with Gasteiger partial charge in [-0.1, -0.05) is 0 Å². The monoisotopic (exact) mass is 330 g/mol. The van der Waals surface area contributed by atoms with E-state index in [4.69, 9.17) is 10.5 Å². The van der Waals surface area contributed by atoms with Gasteiger partial charge in [0.2, 0.25) is 0 Å². The van der Waals surface area contributed by atoms with Crippen LogP contribution in [0.1, 0.15) is 23.1 Å². The zero-order chi connectivity index (χ0) is 16.6. The molecule has 0 spiro atoms. The minimum absolute atomic E-state index is 0.0648. The molecule has 0 radical (unpaired) electrons. The van der Waals surface area contributed by atoms with E-state index in [-0.39, 0.29) is 17.7 Å². The predicted octanol–water partition coefficient (Wildman–Crippen LogP) is 1.91. The number of carbonyl (C=O) groups excluding carboxylic acids is 1. The number of rotatable bonds is 3. The second-order valence-corrected chi connectivity index (χ2v) is 5.74.